The van der Waals surface area contributed by atoms with Crippen LogP contribution in [0.25, 0.3) is 21.3 Å². The van der Waals surface area contributed by atoms with E-state index < -0.39 is 5.97 Å². The predicted octanol–water partition coefficient (Wildman–Crippen LogP) is 6.80. The van der Waals surface area contributed by atoms with Crippen LogP contribution in [0.4, 0.5) is 4.39 Å². The third-order valence-corrected chi connectivity index (χ3v) is 8.47. The van der Waals surface area contributed by atoms with Gasteiger partial charge in [-0.25, -0.2) is 18.9 Å². The van der Waals surface area contributed by atoms with E-state index in [0.29, 0.717) is 21.9 Å². The van der Waals surface area contributed by atoms with Gasteiger partial charge in [0.25, 0.3) is 4.90 Å². The SMILES string of the molecule is O=C(O)c1csc(-n2nc(CC3CC3)c(Cc3ccc(-[s+]4[nH]o4)cc3)c2-c2ccc(F)c(Br)c2)n1. The molecule has 1 atom stereocenters. The molecular formula is C24H19BrFN4O3S2+. The first-order valence-corrected chi connectivity index (χ1v) is 13.8. The van der Waals surface area contributed by atoms with E-state index in [-0.39, 0.29) is 22.5 Å². The number of halogens is 2. The van der Waals surface area contributed by atoms with Gasteiger partial charge in [0.05, 0.1) is 20.4 Å². The molecule has 1 aliphatic carbocycles. The van der Waals surface area contributed by atoms with Gasteiger partial charge in [0.15, 0.2) is 5.69 Å². The summed E-state index contributed by atoms with van der Waals surface area (Å²) in [5.74, 6) is -0.842. The van der Waals surface area contributed by atoms with Crippen molar-refractivity contribution < 1.29 is 18.2 Å². The molecule has 7 nitrogen and oxygen atoms in total. The standard InChI is InChI=1S/C24H18BrFN4O3S2/c25-18-11-15(5-8-19(18)26)22-17(9-13-3-6-16(7-4-13)35-29-33-35)20(10-14-1-2-14)28-30(22)24-27-21(12-34-24)23(31)32/h3-8,11-12,14,29H,1-2,9-10H2/p+1. The van der Waals surface area contributed by atoms with E-state index in [0.717, 1.165) is 39.4 Å². The largest absolute Gasteiger partial charge is 0.476 e. The zero-order valence-electron chi connectivity index (χ0n) is 18.2. The highest BCUT2D eigenvalue weighted by atomic mass is 79.9. The Hall–Kier alpha value is -3.02. The summed E-state index contributed by atoms with van der Waals surface area (Å²) >= 11 is 4.54. The minimum Gasteiger partial charge on any atom is -0.476 e. The number of carbonyl (C=O) groups is 1. The van der Waals surface area contributed by atoms with Crippen molar-refractivity contribution >= 4 is 44.2 Å². The molecule has 0 aliphatic heterocycles. The molecule has 3 aromatic heterocycles. The number of thiazole rings is 1. The monoisotopic (exact) mass is 573 g/mol. The fourth-order valence-corrected chi connectivity index (χ4v) is 5.87. The van der Waals surface area contributed by atoms with Crippen LogP contribution in [-0.4, -0.2) is 30.4 Å². The maximum atomic E-state index is 14.1. The predicted molar refractivity (Wildman–Crippen MR) is 135 cm³/mol. The number of aromatic amines is 1. The summed E-state index contributed by atoms with van der Waals surface area (Å²) in [5, 5.41) is 16.3. The van der Waals surface area contributed by atoms with Crippen LogP contribution in [0, 0.1) is 11.7 Å². The van der Waals surface area contributed by atoms with Crippen molar-refractivity contribution in [3.63, 3.8) is 0 Å². The van der Waals surface area contributed by atoms with E-state index in [9.17, 15) is 14.3 Å². The number of rotatable bonds is 8. The van der Waals surface area contributed by atoms with Gasteiger partial charge in [-0.2, -0.15) is 5.10 Å². The lowest BCUT2D eigenvalue weighted by molar-refractivity contribution is 0.0691. The molecule has 6 rings (SSSR count). The highest BCUT2D eigenvalue weighted by Crippen LogP contribution is 2.39. The van der Waals surface area contributed by atoms with Crippen LogP contribution in [0.3, 0.4) is 0 Å². The second kappa shape index (κ2) is 8.89. The molecule has 35 heavy (non-hydrogen) atoms. The summed E-state index contributed by atoms with van der Waals surface area (Å²) in [6, 6.07) is 13.2. The van der Waals surface area contributed by atoms with E-state index in [1.165, 1.54) is 35.6 Å². The molecule has 0 saturated heterocycles. The lowest BCUT2D eigenvalue weighted by Crippen LogP contribution is -2.03. The molecule has 178 valence electrons. The molecule has 5 aromatic rings. The first-order valence-electron chi connectivity index (χ1n) is 11.0. The highest BCUT2D eigenvalue weighted by molar-refractivity contribution is 9.10. The zero-order valence-corrected chi connectivity index (χ0v) is 21.4. The number of aromatic carboxylic acids is 1. The van der Waals surface area contributed by atoms with Gasteiger partial charge >= 0.3 is 16.9 Å². The summed E-state index contributed by atoms with van der Waals surface area (Å²) < 4.78 is 24.2. The average molecular weight is 574 g/mol. The third kappa shape index (κ3) is 4.63. The van der Waals surface area contributed by atoms with Gasteiger partial charge in [-0.1, -0.05) is 16.1 Å². The van der Waals surface area contributed by atoms with Crippen LogP contribution in [-0.2, 0) is 12.8 Å². The quantitative estimate of drug-likeness (QED) is 0.199. The summed E-state index contributed by atoms with van der Waals surface area (Å²) in [6.45, 7) is 0. The minimum absolute atomic E-state index is 0.0237. The first kappa shape index (κ1) is 22.4. The summed E-state index contributed by atoms with van der Waals surface area (Å²) in [6.07, 6.45) is 3.82. The molecule has 1 saturated carbocycles. The third-order valence-electron chi connectivity index (χ3n) is 6.02. The fourth-order valence-electron chi connectivity index (χ4n) is 4.03. The Morgan fingerprint density at radius 2 is 2.06 bits per heavy atom. The number of hydrogen-bond donors (Lipinski definition) is 2. The number of benzene rings is 2. The molecule has 1 aliphatic rings. The van der Waals surface area contributed by atoms with Crippen LogP contribution < -0.4 is 0 Å². The second-order valence-corrected chi connectivity index (χ2v) is 11.6. The normalized spacial score (nSPS) is 14.1. The van der Waals surface area contributed by atoms with Crippen LogP contribution in [0.5, 0.6) is 0 Å². The number of nitrogens with zero attached hydrogens (tertiary/aromatic N) is 3. The highest BCUT2D eigenvalue weighted by Gasteiger charge is 2.29. The van der Waals surface area contributed by atoms with Gasteiger partial charge in [0, 0.05) is 35.1 Å². The first-order chi connectivity index (χ1) is 17.0. The summed E-state index contributed by atoms with van der Waals surface area (Å²) in [4.78, 5) is 16.9. The number of carboxylic acids is 1. The van der Waals surface area contributed by atoms with Gasteiger partial charge in [0.1, 0.15) is 5.82 Å². The molecule has 0 radical (unpaired) electrons. The molecule has 2 aromatic carbocycles. The van der Waals surface area contributed by atoms with Gasteiger partial charge in [0.2, 0.25) is 5.13 Å². The Kier molecular flexibility index (Phi) is 5.70. The molecular weight excluding hydrogens is 555 g/mol. The fraction of sp³-hybridized carbons (Fsp3) is 0.208. The average Bonchev–Trinajstić information content (AvgIpc) is 3.77. The molecule has 2 N–H and O–H groups in total. The van der Waals surface area contributed by atoms with Gasteiger partial charge in [-0.05, 0) is 64.9 Å². The number of aromatic nitrogens is 4. The van der Waals surface area contributed by atoms with Crippen LogP contribution >= 0.6 is 38.2 Å². The van der Waals surface area contributed by atoms with Crippen molar-refractivity contribution in [2.45, 2.75) is 25.7 Å². The van der Waals surface area contributed by atoms with Crippen molar-refractivity contribution in [2.24, 2.45) is 5.92 Å². The number of carboxylic acid groups (broad SMARTS) is 1. The molecule has 1 fully saturated rings. The maximum Gasteiger partial charge on any atom is 0.356 e. The van der Waals surface area contributed by atoms with Gasteiger partial charge in [-0.15, -0.1) is 11.3 Å². The number of H-pyrrole nitrogens is 1. The van der Waals surface area contributed by atoms with Crippen molar-refractivity contribution in [1.29, 1.82) is 0 Å². The lowest BCUT2D eigenvalue weighted by atomic mass is 9.97. The van der Waals surface area contributed by atoms with E-state index >= 15 is 0 Å². The molecule has 1 unspecified atom stereocenters. The summed E-state index contributed by atoms with van der Waals surface area (Å²) in [5.41, 5.74) is 4.67. The molecule has 11 heteroatoms. The smallest absolute Gasteiger partial charge is 0.356 e. The Balaban J connectivity index is 1.51. The summed E-state index contributed by atoms with van der Waals surface area (Å²) in [7, 11) is -0.311. The number of hydrogen-bond acceptors (Lipinski definition) is 5. The van der Waals surface area contributed by atoms with Gasteiger partial charge in [-0.3, -0.25) is 0 Å². The molecule has 0 amide bonds. The van der Waals surface area contributed by atoms with Crippen LogP contribution in [0.2, 0.25) is 0 Å². The second-order valence-electron chi connectivity index (χ2n) is 8.54. The van der Waals surface area contributed by atoms with Crippen molar-refractivity contribution in [3.8, 4) is 21.3 Å². The lowest BCUT2D eigenvalue weighted by Gasteiger charge is -2.10. The topological polar surface area (TPSA) is 96.9 Å². The van der Waals surface area contributed by atoms with E-state index in [4.69, 9.17) is 9.05 Å². The van der Waals surface area contributed by atoms with E-state index in [2.05, 4.69) is 49.7 Å². The van der Waals surface area contributed by atoms with E-state index in [1.54, 1.807) is 16.8 Å². The van der Waals surface area contributed by atoms with Crippen LogP contribution in [0.1, 0.15) is 40.2 Å². The maximum absolute atomic E-state index is 14.1. The molecule has 3 heterocycles. The Morgan fingerprint density at radius 1 is 1.29 bits per heavy atom. The Labute approximate surface area is 214 Å². The zero-order chi connectivity index (χ0) is 24.1. The van der Waals surface area contributed by atoms with E-state index in [1.807, 2.05) is 0 Å². The Morgan fingerprint density at radius 3 is 2.69 bits per heavy atom. The minimum atomic E-state index is -1.08. The van der Waals surface area contributed by atoms with Crippen molar-refractivity contribution in [1.82, 2.24) is 19.3 Å². The van der Waals surface area contributed by atoms with Gasteiger partial charge < -0.3 is 5.11 Å². The molecule has 0 bridgehead atoms. The van der Waals surface area contributed by atoms with Crippen molar-refractivity contribution in [3.05, 3.63) is 80.6 Å². The molecule has 0 spiro atoms. The Bertz CT molecular complexity index is 1520. The number of nitrogens with one attached hydrogen (secondary N) is 1. The van der Waals surface area contributed by atoms with Crippen molar-refractivity contribution in [2.75, 3.05) is 0 Å². The van der Waals surface area contributed by atoms with Crippen LogP contribution in [0.15, 0.2) is 56.3 Å².